The van der Waals surface area contributed by atoms with Crippen LogP contribution in [0.3, 0.4) is 0 Å². The minimum absolute atomic E-state index is 0.0325. The summed E-state index contributed by atoms with van der Waals surface area (Å²) in [4.78, 5) is 41.4. The summed E-state index contributed by atoms with van der Waals surface area (Å²) in [6.45, 7) is 4.62. The maximum Gasteiger partial charge on any atom is 0.338 e. The largest absolute Gasteiger partial charge is 0.493 e. The summed E-state index contributed by atoms with van der Waals surface area (Å²) in [6.07, 6.45) is 4.22. The van der Waals surface area contributed by atoms with Crippen molar-refractivity contribution in [1.82, 2.24) is 0 Å². The number of carbonyl (C=O) groups excluding carboxylic acids is 2. The molecule has 9 heteroatoms. The zero-order valence-corrected chi connectivity index (χ0v) is 23.8. The van der Waals surface area contributed by atoms with Crippen molar-refractivity contribution in [1.29, 1.82) is 0 Å². The van der Waals surface area contributed by atoms with E-state index >= 15 is 0 Å². The number of nitrogens with zero attached hydrogens (tertiary/aromatic N) is 1. The Morgan fingerprint density at radius 1 is 0.952 bits per heavy atom. The zero-order valence-electron chi connectivity index (χ0n) is 23.8. The Hall–Kier alpha value is -4.66. The minimum Gasteiger partial charge on any atom is -0.493 e. The van der Waals surface area contributed by atoms with Crippen LogP contribution in [0.25, 0.3) is 11.0 Å². The van der Waals surface area contributed by atoms with Crippen LogP contribution in [0, 0.1) is 5.82 Å². The Morgan fingerprint density at radius 3 is 2.45 bits per heavy atom. The van der Waals surface area contributed by atoms with Gasteiger partial charge in [-0.25, -0.2) is 9.18 Å². The molecule has 1 aliphatic rings. The Bertz CT molecular complexity index is 1680. The quantitative estimate of drug-likeness (QED) is 0.143. The van der Waals surface area contributed by atoms with Crippen LogP contribution in [-0.2, 0) is 4.74 Å². The number of hydrogen-bond acceptors (Lipinski definition) is 7. The molecule has 0 spiro atoms. The van der Waals surface area contributed by atoms with E-state index < -0.39 is 29.2 Å². The lowest BCUT2D eigenvalue weighted by Gasteiger charge is -2.26. The average Bonchev–Trinajstić information content (AvgIpc) is 3.29. The van der Waals surface area contributed by atoms with Crippen molar-refractivity contribution in [2.24, 2.45) is 0 Å². The van der Waals surface area contributed by atoms with E-state index in [1.54, 1.807) is 49.4 Å². The molecule has 218 valence electrons. The highest BCUT2D eigenvalue weighted by atomic mass is 19.1. The van der Waals surface area contributed by atoms with Gasteiger partial charge in [0.2, 0.25) is 5.76 Å². The number of fused-ring (bicyclic) bond motifs is 2. The van der Waals surface area contributed by atoms with Gasteiger partial charge in [0.25, 0.3) is 5.91 Å². The summed E-state index contributed by atoms with van der Waals surface area (Å²) in [7, 11) is 1.52. The third-order valence-electron chi connectivity index (χ3n) is 7.25. The molecular weight excluding hydrogens is 541 g/mol. The summed E-state index contributed by atoms with van der Waals surface area (Å²) in [5, 5.41) is 0.0325. The maximum atomic E-state index is 14.2. The molecule has 0 bridgehead atoms. The molecule has 1 aromatic heterocycles. The van der Waals surface area contributed by atoms with Crippen molar-refractivity contribution < 1.29 is 32.6 Å². The third kappa shape index (κ3) is 5.46. The van der Waals surface area contributed by atoms with E-state index in [2.05, 4.69) is 6.92 Å². The first-order valence-electron chi connectivity index (χ1n) is 14.1. The Labute approximate surface area is 242 Å². The first-order valence-corrected chi connectivity index (χ1v) is 14.1. The Balaban J connectivity index is 1.61. The summed E-state index contributed by atoms with van der Waals surface area (Å²) >= 11 is 0. The Kier molecular flexibility index (Phi) is 8.56. The molecule has 0 saturated heterocycles. The van der Waals surface area contributed by atoms with Crippen molar-refractivity contribution >= 4 is 28.5 Å². The fourth-order valence-electron chi connectivity index (χ4n) is 5.18. The topological polar surface area (TPSA) is 95.3 Å². The van der Waals surface area contributed by atoms with Crippen molar-refractivity contribution in [3.05, 3.63) is 99.2 Å². The van der Waals surface area contributed by atoms with Crippen LogP contribution in [0.15, 0.2) is 69.9 Å². The number of rotatable bonds is 11. The molecule has 0 N–H and O–H groups in total. The molecule has 2 heterocycles. The van der Waals surface area contributed by atoms with Crippen LogP contribution in [0.2, 0.25) is 0 Å². The van der Waals surface area contributed by atoms with E-state index in [-0.39, 0.29) is 28.9 Å². The molecule has 8 nitrogen and oxygen atoms in total. The van der Waals surface area contributed by atoms with Gasteiger partial charge in [-0.05, 0) is 73.5 Å². The second kappa shape index (κ2) is 12.5. The van der Waals surface area contributed by atoms with Crippen LogP contribution in [0.5, 0.6) is 11.5 Å². The van der Waals surface area contributed by atoms with E-state index in [0.29, 0.717) is 34.9 Å². The van der Waals surface area contributed by atoms with E-state index in [1.165, 1.54) is 24.1 Å². The summed E-state index contributed by atoms with van der Waals surface area (Å²) in [5.74, 6) is -0.773. The molecule has 3 aromatic carbocycles. The lowest BCUT2D eigenvalue weighted by Crippen LogP contribution is -2.29. The maximum absolute atomic E-state index is 14.2. The predicted molar refractivity (Wildman–Crippen MR) is 156 cm³/mol. The number of halogens is 1. The SMILES string of the molecule is CCCCCCOc1ccc(C2c3c(oc4ccc(F)cc4c3=O)C(=O)N2c2ccc(C(=O)OCC)cc2)cc1OC. The number of anilines is 1. The molecule has 0 aliphatic carbocycles. The molecule has 0 fully saturated rings. The number of unbranched alkanes of at least 4 members (excludes halogenated alkanes) is 3. The lowest BCUT2D eigenvalue weighted by atomic mass is 9.97. The molecule has 42 heavy (non-hydrogen) atoms. The lowest BCUT2D eigenvalue weighted by molar-refractivity contribution is 0.0526. The van der Waals surface area contributed by atoms with E-state index in [4.69, 9.17) is 18.6 Å². The summed E-state index contributed by atoms with van der Waals surface area (Å²) in [6, 6.07) is 14.3. The highest BCUT2D eigenvalue weighted by Crippen LogP contribution is 2.43. The van der Waals surface area contributed by atoms with Gasteiger partial charge in [-0.3, -0.25) is 14.5 Å². The van der Waals surface area contributed by atoms with Gasteiger partial charge in [0.1, 0.15) is 11.4 Å². The van der Waals surface area contributed by atoms with Crippen LogP contribution in [-0.4, -0.2) is 32.2 Å². The average molecular weight is 574 g/mol. The van der Waals surface area contributed by atoms with Crippen LogP contribution in [0.4, 0.5) is 10.1 Å². The molecule has 1 amide bonds. The molecule has 1 aliphatic heterocycles. The highest BCUT2D eigenvalue weighted by Gasteiger charge is 2.44. The number of benzene rings is 3. The molecule has 4 aromatic rings. The van der Waals surface area contributed by atoms with E-state index in [0.717, 1.165) is 31.7 Å². The van der Waals surface area contributed by atoms with Gasteiger partial charge >= 0.3 is 5.97 Å². The van der Waals surface area contributed by atoms with Gasteiger partial charge in [-0.15, -0.1) is 0 Å². The molecule has 1 atom stereocenters. The second-order valence-corrected chi connectivity index (χ2v) is 9.98. The van der Waals surface area contributed by atoms with Gasteiger partial charge < -0.3 is 18.6 Å². The molecule has 0 radical (unpaired) electrons. The van der Waals surface area contributed by atoms with Gasteiger partial charge in [0, 0.05) is 5.69 Å². The number of amides is 1. The zero-order chi connectivity index (χ0) is 29.8. The molecule has 0 saturated carbocycles. The number of carbonyl (C=O) groups is 2. The number of hydrogen-bond donors (Lipinski definition) is 0. The number of esters is 1. The van der Waals surface area contributed by atoms with Crippen molar-refractivity contribution in [3.63, 3.8) is 0 Å². The normalized spacial score (nSPS) is 14.2. The summed E-state index contributed by atoms with van der Waals surface area (Å²) in [5.41, 5.74) is 0.993. The van der Waals surface area contributed by atoms with Crippen molar-refractivity contribution in [2.45, 2.75) is 45.6 Å². The second-order valence-electron chi connectivity index (χ2n) is 9.98. The fourth-order valence-corrected chi connectivity index (χ4v) is 5.18. The standard InChI is InChI=1S/C33H32FNO7/c1-4-6-7-8-17-41-26-15-11-21(18-27(26)39-3)29-28-30(36)24-19-22(34)12-16-25(24)42-31(28)32(37)35(29)23-13-9-20(10-14-23)33(38)40-5-2/h9-16,18-19,29H,4-8,17H2,1-3H3. The molecular formula is C33H32FNO7. The van der Waals surface area contributed by atoms with Crippen LogP contribution >= 0.6 is 0 Å². The van der Waals surface area contributed by atoms with Gasteiger partial charge in [-0.2, -0.15) is 0 Å². The third-order valence-corrected chi connectivity index (χ3v) is 7.25. The van der Waals surface area contributed by atoms with Gasteiger partial charge in [0.15, 0.2) is 16.9 Å². The first kappa shape index (κ1) is 28.9. The molecule has 1 unspecified atom stereocenters. The van der Waals surface area contributed by atoms with Crippen molar-refractivity contribution in [2.75, 3.05) is 25.2 Å². The van der Waals surface area contributed by atoms with Crippen LogP contribution < -0.4 is 19.8 Å². The van der Waals surface area contributed by atoms with E-state index in [1.807, 2.05) is 0 Å². The van der Waals surface area contributed by atoms with Crippen LogP contribution in [0.1, 0.15) is 77.6 Å². The van der Waals surface area contributed by atoms with Crippen molar-refractivity contribution in [3.8, 4) is 11.5 Å². The summed E-state index contributed by atoms with van der Waals surface area (Å²) < 4.78 is 36.8. The van der Waals surface area contributed by atoms with Gasteiger partial charge in [0.05, 0.1) is 42.9 Å². The highest BCUT2D eigenvalue weighted by molar-refractivity contribution is 6.10. The molecule has 5 rings (SSSR count). The predicted octanol–water partition coefficient (Wildman–Crippen LogP) is 6.83. The Morgan fingerprint density at radius 2 is 1.74 bits per heavy atom. The number of ether oxygens (including phenoxy) is 3. The first-order chi connectivity index (χ1) is 20.4. The fraction of sp³-hybridized carbons (Fsp3) is 0.303. The van der Waals surface area contributed by atoms with E-state index in [9.17, 15) is 18.8 Å². The van der Waals surface area contributed by atoms with Gasteiger partial charge in [-0.1, -0.05) is 32.3 Å². The monoisotopic (exact) mass is 573 g/mol. The minimum atomic E-state index is -0.919. The number of methoxy groups -OCH3 is 1. The smallest absolute Gasteiger partial charge is 0.338 e.